The van der Waals surface area contributed by atoms with Gasteiger partial charge in [-0.25, -0.2) is 0 Å². The van der Waals surface area contributed by atoms with E-state index in [1.165, 1.54) is 18.2 Å². The molecule has 2 aromatic carbocycles. The number of hydrogen-bond acceptors (Lipinski definition) is 4. The minimum Gasteiger partial charge on any atom is -0.296 e. The van der Waals surface area contributed by atoms with Gasteiger partial charge in [0.2, 0.25) is 5.66 Å². The van der Waals surface area contributed by atoms with Gasteiger partial charge in [0.25, 0.3) is 0 Å². The van der Waals surface area contributed by atoms with E-state index in [9.17, 15) is 22.8 Å². The van der Waals surface area contributed by atoms with Crippen LogP contribution in [-0.4, -0.2) is 24.5 Å². The van der Waals surface area contributed by atoms with Crippen molar-refractivity contribution < 1.29 is 22.8 Å². The summed E-state index contributed by atoms with van der Waals surface area (Å²) in [4.78, 5) is 28.0. The number of nitrogens with two attached hydrogens (primary N) is 1. The number of aliphatic imine (C=N–C) groups is 1. The Kier molecular flexibility index (Phi) is 4.28. The number of alkyl halides is 3. The highest BCUT2D eigenvalue weighted by Gasteiger charge is 2.53. The van der Waals surface area contributed by atoms with Crippen molar-refractivity contribution in [3.05, 3.63) is 70.8 Å². The van der Waals surface area contributed by atoms with Gasteiger partial charge in [-0.05, 0) is 18.7 Å². The monoisotopic (exact) mass is 360 g/mol. The van der Waals surface area contributed by atoms with E-state index in [-0.39, 0.29) is 23.6 Å². The number of benzene rings is 2. The van der Waals surface area contributed by atoms with E-state index < -0.39 is 17.8 Å². The van der Waals surface area contributed by atoms with Gasteiger partial charge in [0.1, 0.15) is 0 Å². The fraction of sp³-hybridized carbons (Fsp3) is 0.211. The summed E-state index contributed by atoms with van der Waals surface area (Å²) >= 11 is 0. The molecule has 0 spiro atoms. The second-order valence-electron chi connectivity index (χ2n) is 6.15. The van der Waals surface area contributed by atoms with E-state index in [1.807, 2.05) is 0 Å². The lowest BCUT2D eigenvalue weighted by molar-refractivity contribution is -0.186. The van der Waals surface area contributed by atoms with Gasteiger partial charge in [-0.15, -0.1) is 0 Å². The molecule has 4 nitrogen and oxygen atoms in total. The Hall–Kier alpha value is -2.80. The number of Topliss-reactive ketones (excluding diaryl/α,β-unsaturated/α-hetero) is 2. The van der Waals surface area contributed by atoms with Crippen molar-refractivity contribution in [2.24, 2.45) is 16.6 Å². The molecule has 3 rings (SSSR count). The third kappa shape index (κ3) is 2.74. The minimum absolute atomic E-state index is 0.00866. The predicted molar refractivity (Wildman–Crippen MR) is 90.2 cm³/mol. The van der Waals surface area contributed by atoms with E-state index in [4.69, 9.17) is 5.73 Å². The Morgan fingerprint density at radius 1 is 1.00 bits per heavy atom. The van der Waals surface area contributed by atoms with Crippen LogP contribution in [-0.2, 0) is 12.1 Å². The summed E-state index contributed by atoms with van der Waals surface area (Å²) in [5.74, 6) is -1.60. The summed E-state index contributed by atoms with van der Waals surface area (Å²) in [6, 6.07) is 11.8. The summed E-state index contributed by atoms with van der Waals surface area (Å²) in [5.41, 5.74) is 3.24. The minimum atomic E-state index is -4.83. The van der Waals surface area contributed by atoms with Crippen LogP contribution >= 0.6 is 0 Å². The van der Waals surface area contributed by atoms with E-state index >= 15 is 0 Å². The first kappa shape index (κ1) is 18.0. The number of halogens is 3. The van der Waals surface area contributed by atoms with Crippen molar-refractivity contribution in [1.29, 1.82) is 0 Å². The lowest BCUT2D eigenvalue weighted by Crippen LogP contribution is -2.48. The van der Waals surface area contributed by atoms with Gasteiger partial charge in [0, 0.05) is 16.7 Å². The molecule has 1 unspecified atom stereocenters. The van der Waals surface area contributed by atoms with Crippen molar-refractivity contribution >= 4 is 18.3 Å². The van der Waals surface area contributed by atoms with Gasteiger partial charge in [-0.2, -0.15) is 13.2 Å². The van der Waals surface area contributed by atoms with Crippen LogP contribution in [0.1, 0.15) is 31.8 Å². The SMILES string of the molecule is C=NC(N)(c1cccc(CC2C(=O)c3ccccc3C2=O)c1)C(F)(F)F. The lowest BCUT2D eigenvalue weighted by Gasteiger charge is -2.28. The summed E-state index contributed by atoms with van der Waals surface area (Å²) in [6.45, 7) is 2.96. The largest absolute Gasteiger partial charge is 0.431 e. The summed E-state index contributed by atoms with van der Waals surface area (Å²) in [7, 11) is 0. The topological polar surface area (TPSA) is 72.5 Å². The maximum Gasteiger partial charge on any atom is 0.431 e. The first-order valence-corrected chi connectivity index (χ1v) is 7.79. The van der Waals surface area contributed by atoms with Crippen LogP contribution < -0.4 is 5.73 Å². The Morgan fingerprint density at radius 3 is 2.08 bits per heavy atom. The van der Waals surface area contributed by atoms with Crippen molar-refractivity contribution in [1.82, 2.24) is 0 Å². The van der Waals surface area contributed by atoms with Gasteiger partial charge in [0.15, 0.2) is 11.6 Å². The zero-order valence-electron chi connectivity index (χ0n) is 13.6. The molecule has 0 saturated heterocycles. The molecule has 1 aliphatic carbocycles. The highest BCUT2D eigenvalue weighted by Crippen LogP contribution is 2.38. The molecular formula is C19H15F3N2O2. The van der Waals surface area contributed by atoms with Crippen molar-refractivity contribution in [2.75, 3.05) is 0 Å². The van der Waals surface area contributed by atoms with Crippen LogP contribution in [0.5, 0.6) is 0 Å². The lowest BCUT2D eigenvalue weighted by atomic mass is 9.91. The number of carbonyl (C=O) groups excluding carboxylic acids is 2. The van der Waals surface area contributed by atoms with Crippen molar-refractivity contribution in [3.63, 3.8) is 0 Å². The Morgan fingerprint density at radius 2 is 1.58 bits per heavy atom. The van der Waals surface area contributed by atoms with Gasteiger partial charge in [-0.1, -0.05) is 48.5 Å². The summed E-state index contributed by atoms with van der Waals surface area (Å²) < 4.78 is 39.8. The molecule has 2 aromatic rings. The number of ketones is 2. The van der Waals surface area contributed by atoms with Crippen LogP contribution in [0.2, 0.25) is 0 Å². The smallest absolute Gasteiger partial charge is 0.296 e. The van der Waals surface area contributed by atoms with E-state index in [1.54, 1.807) is 30.3 Å². The van der Waals surface area contributed by atoms with Crippen molar-refractivity contribution in [3.8, 4) is 0 Å². The average molecular weight is 360 g/mol. The quantitative estimate of drug-likeness (QED) is 0.672. The predicted octanol–water partition coefficient (Wildman–Crippen LogP) is 3.30. The molecule has 0 amide bonds. The fourth-order valence-electron chi connectivity index (χ4n) is 3.11. The first-order valence-electron chi connectivity index (χ1n) is 7.79. The van der Waals surface area contributed by atoms with Gasteiger partial charge in [-0.3, -0.25) is 20.3 Å². The molecule has 0 saturated carbocycles. The third-order valence-corrected chi connectivity index (χ3v) is 4.58. The second-order valence-corrected chi connectivity index (χ2v) is 6.15. The molecule has 0 heterocycles. The van der Waals surface area contributed by atoms with E-state index in [2.05, 4.69) is 11.7 Å². The highest BCUT2D eigenvalue weighted by atomic mass is 19.4. The van der Waals surface area contributed by atoms with Gasteiger partial charge < -0.3 is 0 Å². The Balaban J connectivity index is 1.93. The Bertz CT molecular complexity index is 873. The molecule has 0 aromatic heterocycles. The molecule has 26 heavy (non-hydrogen) atoms. The maximum atomic E-state index is 13.3. The number of nitrogens with zero attached hydrogens (tertiary/aromatic N) is 1. The van der Waals surface area contributed by atoms with Gasteiger partial charge >= 0.3 is 6.18 Å². The second kappa shape index (κ2) is 6.17. The van der Waals surface area contributed by atoms with Crippen LogP contribution in [0, 0.1) is 5.92 Å². The molecule has 2 N–H and O–H groups in total. The Labute approximate surface area is 147 Å². The zero-order chi connectivity index (χ0) is 19.1. The molecule has 7 heteroatoms. The molecule has 134 valence electrons. The maximum absolute atomic E-state index is 13.3. The summed E-state index contributed by atoms with van der Waals surface area (Å²) in [5, 5.41) is 0. The fourth-order valence-corrected chi connectivity index (χ4v) is 3.11. The third-order valence-electron chi connectivity index (χ3n) is 4.58. The molecule has 1 aliphatic rings. The standard InChI is InChI=1S/C19H15F3N2O2/c1-24-18(23,19(20,21)22)12-6-4-5-11(9-12)10-15-16(25)13-7-2-3-8-14(13)17(15)26/h2-9,15H,1,10,23H2. The van der Waals surface area contributed by atoms with Gasteiger partial charge in [0.05, 0.1) is 5.92 Å². The van der Waals surface area contributed by atoms with Crippen LogP contribution in [0.3, 0.4) is 0 Å². The van der Waals surface area contributed by atoms with E-state index in [0.29, 0.717) is 16.7 Å². The molecule has 1 atom stereocenters. The molecule has 0 aliphatic heterocycles. The van der Waals surface area contributed by atoms with Crippen molar-refractivity contribution in [2.45, 2.75) is 18.3 Å². The number of rotatable bonds is 4. The molecule has 0 bridgehead atoms. The number of fused-ring (bicyclic) bond motifs is 1. The van der Waals surface area contributed by atoms with E-state index in [0.717, 1.165) is 0 Å². The number of carbonyl (C=O) groups is 2. The van der Waals surface area contributed by atoms with Crippen LogP contribution in [0.25, 0.3) is 0 Å². The zero-order valence-corrected chi connectivity index (χ0v) is 13.6. The first-order chi connectivity index (χ1) is 12.2. The normalized spacial score (nSPS) is 17.1. The molecular weight excluding hydrogens is 345 g/mol. The van der Waals surface area contributed by atoms with Crippen LogP contribution in [0.15, 0.2) is 53.5 Å². The molecule has 0 radical (unpaired) electrons. The van der Waals surface area contributed by atoms with Crippen LogP contribution in [0.4, 0.5) is 13.2 Å². The average Bonchev–Trinajstić information content (AvgIpc) is 2.85. The highest BCUT2D eigenvalue weighted by molar-refractivity contribution is 6.26. The molecule has 0 fully saturated rings. The number of hydrogen-bond donors (Lipinski definition) is 1. The summed E-state index contributed by atoms with van der Waals surface area (Å²) in [6.07, 6.45) is -4.84.